The third kappa shape index (κ3) is 1.65. The van der Waals surface area contributed by atoms with Crippen molar-refractivity contribution >= 4 is 21.4 Å². The largest absolute Gasteiger partial charge is 0.450 e. The number of aromatic nitrogens is 2. The Morgan fingerprint density at radius 1 is 1.38 bits per heavy atom. The van der Waals surface area contributed by atoms with Gasteiger partial charge in [0.05, 0.1) is 5.52 Å². The molecule has 0 saturated carbocycles. The molecule has 7 heteroatoms. The highest BCUT2D eigenvalue weighted by Crippen LogP contribution is 2.30. The van der Waals surface area contributed by atoms with Gasteiger partial charge in [0, 0.05) is 10.7 Å². The van der Waals surface area contributed by atoms with Crippen LogP contribution in [0.25, 0.3) is 5.52 Å². The minimum atomic E-state index is -4.58. The number of nitrogens with zero attached hydrogens (tertiary/aromatic N) is 3. The van der Waals surface area contributed by atoms with Gasteiger partial charge in [0.25, 0.3) is 0 Å². The average molecular weight is 290 g/mol. The van der Waals surface area contributed by atoms with Crippen LogP contribution in [-0.4, -0.2) is 9.38 Å². The van der Waals surface area contributed by atoms with E-state index in [4.69, 9.17) is 5.26 Å². The van der Waals surface area contributed by atoms with Crippen LogP contribution in [0.3, 0.4) is 0 Å². The Kier molecular flexibility index (Phi) is 2.39. The zero-order chi connectivity index (χ0) is 11.9. The average Bonchev–Trinajstić information content (AvgIpc) is 2.54. The number of halogens is 4. The van der Waals surface area contributed by atoms with Crippen LogP contribution in [0.4, 0.5) is 13.2 Å². The SMILES string of the molecule is N#Cc1nc(C(F)(F)F)n2cc(Br)ccc12. The number of pyridine rings is 1. The van der Waals surface area contributed by atoms with E-state index in [9.17, 15) is 13.2 Å². The summed E-state index contributed by atoms with van der Waals surface area (Å²) >= 11 is 3.07. The Bertz CT molecular complexity index is 594. The minimum absolute atomic E-state index is 0.137. The fourth-order valence-corrected chi connectivity index (χ4v) is 1.68. The lowest BCUT2D eigenvalue weighted by atomic mass is 10.3. The molecule has 0 fully saturated rings. The summed E-state index contributed by atoms with van der Waals surface area (Å²) in [5.41, 5.74) is -0.0992. The van der Waals surface area contributed by atoms with Gasteiger partial charge in [-0.05, 0) is 28.1 Å². The van der Waals surface area contributed by atoms with Crippen LogP contribution >= 0.6 is 15.9 Å². The zero-order valence-corrected chi connectivity index (χ0v) is 9.17. The van der Waals surface area contributed by atoms with Crippen molar-refractivity contribution in [1.82, 2.24) is 9.38 Å². The highest BCUT2D eigenvalue weighted by Gasteiger charge is 2.37. The summed E-state index contributed by atoms with van der Waals surface area (Å²) in [6, 6.07) is 4.60. The van der Waals surface area contributed by atoms with E-state index in [0.29, 0.717) is 4.47 Å². The summed E-state index contributed by atoms with van der Waals surface area (Å²) in [6.07, 6.45) is -3.36. The Morgan fingerprint density at radius 3 is 2.62 bits per heavy atom. The molecule has 0 aliphatic rings. The van der Waals surface area contributed by atoms with Crippen LogP contribution in [0.5, 0.6) is 0 Å². The Hall–Kier alpha value is -1.55. The molecule has 0 spiro atoms. The molecule has 2 heterocycles. The monoisotopic (exact) mass is 289 g/mol. The lowest BCUT2D eigenvalue weighted by Crippen LogP contribution is -2.10. The Labute approximate surface area is 96.3 Å². The van der Waals surface area contributed by atoms with E-state index in [1.807, 2.05) is 0 Å². The molecule has 2 aromatic rings. The number of alkyl halides is 3. The van der Waals surface area contributed by atoms with E-state index in [-0.39, 0.29) is 11.2 Å². The van der Waals surface area contributed by atoms with Crippen molar-refractivity contribution in [3.63, 3.8) is 0 Å². The highest BCUT2D eigenvalue weighted by molar-refractivity contribution is 9.10. The van der Waals surface area contributed by atoms with Gasteiger partial charge in [0.1, 0.15) is 6.07 Å². The second-order valence-electron chi connectivity index (χ2n) is 3.00. The minimum Gasteiger partial charge on any atom is -0.294 e. The quantitative estimate of drug-likeness (QED) is 0.748. The first kappa shape index (κ1) is 11.0. The third-order valence-corrected chi connectivity index (χ3v) is 2.43. The number of hydrogen-bond acceptors (Lipinski definition) is 2. The summed E-state index contributed by atoms with van der Waals surface area (Å²) in [5, 5.41) is 8.68. The summed E-state index contributed by atoms with van der Waals surface area (Å²) in [7, 11) is 0. The van der Waals surface area contributed by atoms with E-state index in [0.717, 1.165) is 4.40 Å². The van der Waals surface area contributed by atoms with Gasteiger partial charge < -0.3 is 0 Å². The van der Waals surface area contributed by atoms with E-state index < -0.39 is 12.0 Å². The predicted octanol–water partition coefficient (Wildman–Crippen LogP) is 2.99. The van der Waals surface area contributed by atoms with Crippen LogP contribution in [-0.2, 0) is 6.18 Å². The molecule has 2 rings (SSSR count). The molecule has 0 saturated heterocycles. The molecule has 82 valence electrons. The molecule has 0 N–H and O–H groups in total. The van der Waals surface area contributed by atoms with Gasteiger partial charge >= 0.3 is 6.18 Å². The summed E-state index contributed by atoms with van der Waals surface area (Å²) < 4.78 is 39.1. The van der Waals surface area contributed by atoms with Crippen LogP contribution in [0, 0.1) is 11.3 Å². The fraction of sp³-hybridized carbons (Fsp3) is 0.111. The van der Waals surface area contributed by atoms with E-state index >= 15 is 0 Å². The molecule has 0 bridgehead atoms. The van der Waals surface area contributed by atoms with Gasteiger partial charge in [-0.2, -0.15) is 18.4 Å². The molecule has 0 radical (unpaired) electrons. The van der Waals surface area contributed by atoms with Crippen LogP contribution in [0.2, 0.25) is 0 Å². The molecule has 16 heavy (non-hydrogen) atoms. The Balaban J connectivity index is 2.86. The van der Waals surface area contributed by atoms with Gasteiger partial charge in [-0.1, -0.05) is 0 Å². The molecule has 0 amide bonds. The highest BCUT2D eigenvalue weighted by atomic mass is 79.9. The molecule has 0 unspecified atom stereocenters. The van der Waals surface area contributed by atoms with Crippen molar-refractivity contribution in [2.75, 3.05) is 0 Å². The van der Waals surface area contributed by atoms with Crippen molar-refractivity contribution in [2.45, 2.75) is 6.18 Å². The van der Waals surface area contributed by atoms with Crippen molar-refractivity contribution in [1.29, 1.82) is 5.26 Å². The molecular weight excluding hydrogens is 287 g/mol. The van der Waals surface area contributed by atoms with Crippen molar-refractivity contribution in [3.05, 3.63) is 34.3 Å². The number of fused-ring (bicyclic) bond motifs is 1. The first-order valence-electron chi connectivity index (χ1n) is 4.08. The second-order valence-corrected chi connectivity index (χ2v) is 3.91. The van der Waals surface area contributed by atoms with Gasteiger partial charge in [-0.25, -0.2) is 4.98 Å². The number of rotatable bonds is 0. The molecule has 0 atom stereocenters. The number of imidazole rings is 1. The fourth-order valence-electron chi connectivity index (χ4n) is 1.34. The number of hydrogen-bond donors (Lipinski definition) is 0. The summed E-state index contributed by atoms with van der Waals surface area (Å²) in [5.74, 6) is -1.10. The summed E-state index contributed by atoms with van der Waals surface area (Å²) in [6.45, 7) is 0. The molecule has 3 nitrogen and oxygen atoms in total. The third-order valence-electron chi connectivity index (χ3n) is 1.96. The first-order valence-corrected chi connectivity index (χ1v) is 4.87. The van der Waals surface area contributed by atoms with Crippen molar-refractivity contribution < 1.29 is 13.2 Å². The van der Waals surface area contributed by atoms with Gasteiger partial charge in [0.2, 0.25) is 5.82 Å². The lowest BCUT2D eigenvalue weighted by Gasteiger charge is -2.04. The van der Waals surface area contributed by atoms with E-state index in [2.05, 4.69) is 20.9 Å². The molecule has 2 aromatic heterocycles. The first-order chi connectivity index (χ1) is 7.43. The van der Waals surface area contributed by atoms with Crippen LogP contribution < -0.4 is 0 Å². The van der Waals surface area contributed by atoms with Crippen molar-refractivity contribution in [2.24, 2.45) is 0 Å². The molecular formula is C9H3BrF3N3. The molecule has 0 aromatic carbocycles. The number of nitriles is 1. The molecule has 0 aliphatic heterocycles. The predicted molar refractivity (Wildman–Crippen MR) is 52.6 cm³/mol. The van der Waals surface area contributed by atoms with Crippen LogP contribution in [0.15, 0.2) is 22.8 Å². The van der Waals surface area contributed by atoms with Gasteiger partial charge in [-0.15, -0.1) is 0 Å². The van der Waals surface area contributed by atoms with E-state index in [1.54, 1.807) is 12.1 Å². The standard InChI is InChI=1S/C9H3BrF3N3/c10-5-1-2-7-6(3-14)15-8(9(11,12)13)16(7)4-5/h1-2,4H. The van der Waals surface area contributed by atoms with Crippen molar-refractivity contribution in [3.8, 4) is 6.07 Å². The van der Waals surface area contributed by atoms with Gasteiger partial charge in [-0.3, -0.25) is 4.40 Å². The smallest absolute Gasteiger partial charge is 0.294 e. The van der Waals surface area contributed by atoms with E-state index in [1.165, 1.54) is 12.3 Å². The van der Waals surface area contributed by atoms with Gasteiger partial charge in [0.15, 0.2) is 5.69 Å². The maximum atomic E-state index is 12.6. The Morgan fingerprint density at radius 2 is 2.06 bits per heavy atom. The lowest BCUT2D eigenvalue weighted by molar-refractivity contribution is -0.145. The zero-order valence-electron chi connectivity index (χ0n) is 7.59. The second kappa shape index (κ2) is 3.49. The molecule has 0 aliphatic carbocycles. The normalized spacial score (nSPS) is 11.7. The topological polar surface area (TPSA) is 41.1 Å². The maximum absolute atomic E-state index is 12.6. The van der Waals surface area contributed by atoms with Crippen LogP contribution in [0.1, 0.15) is 11.5 Å². The maximum Gasteiger partial charge on any atom is 0.450 e. The summed E-state index contributed by atoms with van der Waals surface area (Å²) in [4.78, 5) is 3.28.